The van der Waals surface area contributed by atoms with Crippen molar-refractivity contribution in [3.05, 3.63) is 57.0 Å². The zero-order valence-corrected chi connectivity index (χ0v) is 15.6. The number of halogens is 1. The van der Waals surface area contributed by atoms with Gasteiger partial charge in [0.1, 0.15) is 0 Å². The van der Waals surface area contributed by atoms with E-state index in [2.05, 4.69) is 27.1 Å². The summed E-state index contributed by atoms with van der Waals surface area (Å²) in [4.78, 5) is 26.5. The van der Waals surface area contributed by atoms with Crippen LogP contribution in [0.25, 0.3) is 0 Å². The molecule has 0 aliphatic carbocycles. The highest BCUT2D eigenvalue weighted by Gasteiger charge is 2.28. The number of nitrogens with zero attached hydrogens (tertiary/aromatic N) is 5. The van der Waals surface area contributed by atoms with Crippen LogP contribution in [-0.4, -0.2) is 58.5 Å². The van der Waals surface area contributed by atoms with Crippen LogP contribution in [-0.2, 0) is 0 Å². The first-order chi connectivity index (χ1) is 12.5. The quantitative estimate of drug-likeness (QED) is 0.826. The second-order valence-corrected chi connectivity index (χ2v) is 7.16. The van der Waals surface area contributed by atoms with E-state index in [9.17, 15) is 4.79 Å². The van der Waals surface area contributed by atoms with Crippen molar-refractivity contribution in [2.24, 2.45) is 4.99 Å². The van der Waals surface area contributed by atoms with Crippen LogP contribution in [0.2, 0.25) is 5.02 Å². The number of likely N-dealkylation sites (N-methyl/N-ethyl adjacent to an activating group) is 1. The van der Waals surface area contributed by atoms with Crippen LogP contribution < -0.4 is 10.9 Å². The molecule has 0 radical (unpaired) electrons. The number of aryl methyl sites for hydroxylation is 1. The number of piperazine rings is 1. The molecule has 2 aliphatic rings. The second kappa shape index (κ2) is 6.74. The number of nitrogens with one attached hydrogen (secondary N) is 1. The van der Waals surface area contributed by atoms with Crippen molar-refractivity contribution >= 4 is 23.5 Å². The first-order valence-corrected chi connectivity index (χ1v) is 9.03. The van der Waals surface area contributed by atoms with Gasteiger partial charge >= 0.3 is 0 Å². The van der Waals surface area contributed by atoms with Gasteiger partial charge in [-0.3, -0.25) is 14.7 Å². The number of hydrogen-bond donors (Lipinski definition) is 1. The number of rotatable bonds is 1. The van der Waals surface area contributed by atoms with Crippen molar-refractivity contribution in [3.8, 4) is 0 Å². The Balaban J connectivity index is 1.78. The number of hydrogen-bond acceptors (Lipinski definition) is 6. The smallest absolute Gasteiger partial charge is 0.257 e. The fourth-order valence-electron chi connectivity index (χ4n) is 3.27. The number of aliphatic imine (C=N–C) groups is 1. The first-order valence-electron chi connectivity index (χ1n) is 8.65. The molecule has 1 atom stereocenters. The number of fused-ring (bicyclic) bond motifs is 1. The van der Waals surface area contributed by atoms with Gasteiger partial charge in [-0.25, -0.2) is 9.98 Å². The molecule has 1 aromatic carbocycles. The predicted octanol–water partition coefficient (Wildman–Crippen LogP) is 1.78. The van der Waals surface area contributed by atoms with E-state index in [-0.39, 0.29) is 5.56 Å². The lowest BCUT2D eigenvalue weighted by atomic mass is 10.1. The summed E-state index contributed by atoms with van der Waals surface area (Å²) in [6, 6.07) is 8.97. The molecule has 0 saturated carbocycles. The van der Waals surface area contributed by atoms with Gasteiger partial charge < -0.3 is 9.80 Å². The molecule has 136 valence electrons. The Hall–Kier alpha value is -2.38. The Morgan fingerprint density at radius 1 is 1.15 bits per heavy atom. The summed E-state index contributed by atoms with van der Waals surface area (Å²) in [5.41, 5.74) is 1.46. The third-order valence-electron chi connectivity index (χ3n) is 4.76. The minimum Gasteiger partial charge on any atom is -0.340 e. The van der Waals surface area contributed by atoms with E-state index in [0.717, 1.165) is 37.7 Å². The van der Waals surface area contributed by atoms with Gasteiger partial charge in [-0.2, -0.15) is 0 Å². The summed E-state index contributed by atoms with van der Waals surface area (Å²) >= 11 is 6.03. The molecule has 2 aliphatic heterocycles. The maximum atomic E-state index is 12.6. The van der Waals surface area contributed by atoms with Crippen molar-refractivity contribution < 1.29 is 0 Å². The van der Waals surface area contributed by atoms with E-state index >= 15 is 0 Å². The molecule has 4 rings (SSSR count). The summed E-state index contributed by atoms with van der Waals surface area (Å²) in [6.45, 7) is 5.53. The SMILES string of the molecule is Cc1cc(=O)n2c(n1)NC(N1CCN(C)CC1)=NC2c1ccc(Cl)cc1. The Kier molecular flexibility index (Phi) is 4.42. The number of benzene rings is 1. The highest BCUT2D eigenvalue weighted by molar-refractivity contribution is 6.30. The highest BCUT2D eigenvalue weighted by atomic mass is 35.5. The average molecular weight is 373 g/mol. The highest BCUT2D eigenvalue weighted by Crippen LogP contribution is 2.27. The van der Waals surface area contributed by atoms with E-state index in [1.54, 1.807) is 4.57 Å². The standard InChI is InChI=1S/C18H21ClN6O/c1-12-11-15(26)25-16(13-3-5-14(19)6-4-13)21-17(22-18(25)20-12)24-9-7-23(2)8-10-24/h3-6,11,16H,7-10H2,1-2H3,(H,20,21,22). The predicted molar refractivity (Wildman–Crippen MR) is 103 cm³/mol. The van der Waals surface area contributed by atoms with Crippen molar-refractivity contribution in [2.45, 2.75) is 13.1 Å². The van der Waals surface area contributed by atoms with Crippen LogP contribution in [0.5, 0.6) is 0 Å². The molecular weight excluding hydrogens is 352 g/mol. The van der Waals surface area contributed by atoms with E-state index in [4.69, 9.17) is 16.6 Å². The van der Waals surface area contributed by atoms with Crippen LogP contribution in [0.1, 0.15) is 17.4 Å². The third-order valence-corrected chi connectivity index (χ3v) is 5.02. The van der Waals surface area contributed by atoms with Crippen molar-refractivity contribution in [1.82, 2.24) is 19.4 Å². The van der Waals surface area contributed by atoms with E-state index < -0.39 is 6.17 Å². The van der Waals surface area contributed by atoms with Gasteiger partial charge in [0.15, 0.2) is 6.17 Å². The number of guanidine groups is 1. The maximum Gasteiger partial charge on any atom is 0.257 e. The lowest BCUT2D eigenvalue weighted by Crippen LogP contribution is -2.51. The molecule has 7 nitrogen and oxygen atoms in total. The Bertz CT molecular complexity index is 899. The van der Waals surface area contributed by atoms with Crippen LogP contribution in [0.3, 0.4) is 0 Å². The van der Waals surface area contributed by atoms with Gasteiger partial charge in [-0.1, -0.05) is 23.7 Å². The Morgan fingerprint density at radius 2 is 1.85 bits per heavy atom. The van der Waals surface area contributed by atoms with Crippen LogP contribution >= 0.6 is 11.6 Å². The molecule has 3 heterocycles. The molecule has 0 bridgehead atoms. The van der Waals surface area contributed by atoms with Gasteiger partial charge in [-0.05, 0) is 31.7 Å². The largest absolute Gasteiger partial charge is 0.340 e. The molecule has 2 aromatic rings. The zero-order valence-electron chi connectivity index (χ0n) is 14.8. The number of aromatic nitrogens is 2. The van der Waals surface area contributed by atoms with Crippen molar-refractivity contribution in [1.29, 1.82) is 0 Å². The minimum absolute atomic E-state index is 0.124. The van der Waals surface area contributed by atoms with Gasteiger partial charge in [0.05, 0.1) is 0 Å². The summed E-state index contributed by atoms with van der Waals surface area (Å²) < 4.78 is 1.59. The topological polar surface area (TPSA) is 65.8 Å². The molecule has 1 saturated heterocycles. The lowest BCUT2D eigenvalue weighted by molar-refractivity contribution is 0.213. The fraction of sp³-hybridized carbons (Fsp3) is 0.389. The Labute approximate surface area is 156 Å². The Morgan fingerprint density at radius 3 is 2.54 bits per heavy atom. The third kappa shape index (κ3) is 3.20. The molecule has 1 unspecified atom stereocenters. The van der Waals surface area contributed by atoms with Gasteiger partial charge in [0.25, 0.3) is 5.56 Å². The monoisotopic (exact) mass is 372 g/mol. The average Bonchev–Trinajstić information content (AvgIpc) is 2.61. The summed E-state index contributed by atoms with van der Waals surface area (Å²) in [6.07, 6.45) is -0.459. The van der Waals surface area contributed by atoms with E-state index in [1.807, 2.05) is 31.2 Å². The minimum atomic E-state index is -0.459. The molecule has 26 heavy (non-hydrogen) atoms. The molecular formula is C18H21ClN6O. The fourth-order valence-corrected chi connectivity index (χ4v) is 3.40. The summed E-state index contributed by atoms with van der Waals surface area (Å²) in [5.74, 6) is 1.29. The van der Waals surface area contributed by atoms with Crippen LogP contribution in [0, 0.1) is 6.92 Å². The molecule has 1 aromatic heterocycles. The lowest BCUT2D eigenvalue weighted by Gasteiger charge is -2.37. The summed E-state index contributed by atoms with van der Waals surface area (Å²) in [7, 11) is 2.11. The van der Waals surface area contributed by atoms with Gasteiger partial charge in [-0.15, -0.1) is 0 Å². The molecule has 1 fully saturated rings. The molecule has 0 amide bonds. The molecule has 1 N–H and O–H groups in total. The second-order valence-electron chi connectivity index (χ2n) is 6.72. The normalized spacial score (nSPS) is 20.3. The molecule has 8 heteroatoms. The zero-order chi connectivity index (χ0) is 18.3. The van der Waals surface area contributed by atoms with Gasteiger partial charge in [0, 0.05) is 43.0 Å². The van der Waals surface area contributed by atoms with Crippen LogP contribution in [0.4, 0.5) is 5.95 Å². The van der Waals surface area contributed by atoms with E-state index in [0.29, 0.717) is 16.7 Å². The van der Waals surface area contributed by atoms with E-state index in [1.165, 1.54) is 6.07 Å². The van der Waals surface area contributed by atoms with Crippen LogP contribution in [0.15, 0.2) is 40.1 Å². The summed E-state index contributed by atoms with van der Waals surface area (Å²) in [5, 5.41) is 3.91. The first kappa shape index (κ1) is 17.1. The van der Waals surface area contributed by atoms with Crippen molar-refractivity contribution in [3.63, 3.8) is 0 Å². The molecule has 0 spiro atoms. The number of anilines is 1. The van der Waals surface area contributed by atoms with Gasteiger partial charge in [0.2, 0.25) is 11.9 Å². The van der Waals surface area contributed by atoms with Crippen molar-refractivity contribution in [2.75, 3.05) is 38.5 Å². The maximum absolute atomic E-state index is 12.6.